The molecule has 0 amide bonds. The van der Waals surface area contributed by atoms with Crippen LogP contribution in [0.25, 0.3) is 0 Å². The SMILES string of the molecule is O=C(O)C1CCN(c2cc(NCCN3CCOCC3)ncn2)CC1. The lowest BCUT2D eigenvalue weighted by molar-refractivity contribution is -0.142. The highest BCUT2D eigenvalue weighted by Gasteiger charge is 2.25. The molecular formula is C16H25N5O3. The molecule has 2 aliphatic heterocycles. The van der Waals surface area contributed by atoms with E-state index in [1.54, 1.807) is 6.33 Å². The molecule has 1 aromatic rings. The maximum atomic E-state index is 11.0. The van der Waals surface area contributed by atoms with Crippen molar-refractivity contribution in [1.82, 2.24) is 14.9 Å². The molecule has 8 heteroatoms. The maximum absolute atomic E-state index is 11.0. The predicted molar refractivity (Wildman–Crippen MR) is 90.4 cm³/mol. The fourth-order valence-electron chi connectivity index (χ4n) is 3.14. The molecule has 0 aromatic carbocycles. The number of nitrogens with one attached hydrogen (secondary N) is 1. The Morgan fingerprint density at radius 2 is 2.00 bits per heavy atom. The molecule has 0 bridgehead atoms. The molecule has 24 heavy (non-hydrogen) atoms. The zero-order chi connectivity index (χ0) is 16.8. The topological polar surface area (TPSA) is 90.8 Å². The van der Waals surface area contributed by atoms with Crippen LogP contribution < -0.4 is 10.2 Å². The van der Waals surface area contributed by atoms with Crippen molar-refractivity contribution >= 4 is 17.6 Å². The number of nitrogens with zero attached hydrogens (tertiary/aromatic N) is 4. The molecule has 0 aliphatic carbocycles. The maximum Gasteiger partial charge on any atom is 0.306 e. The highest BCUT2D eigenvalue weighted by atomic mass is 16.5. The van der Waals surface area contributed by atoms with Gasteiger partial charge >= 0.3 is 5.97 Å². The minimum Gasteiger partial charge on any atom is -0.481 e. The summed E-state index contributed by atoms with van der Waals surface area (Å²) >= 11 is 0. The van der Waals surface area contributed by atoms with Gasteiger partial charge in [0.2, 0.25) is 0 Å². The van der Waals surface area contributed by atoms with Gasteiger partial charge in [-0.3, -0.25) is 9.69 Å². The Balaban J connectivity index is 1.48. The molecule has 3 heterocycles. The van der Waals surface area contributed by atoms with E-state index in [2.05, 4.69) is 25.1 Å². The number of carbonyl (C=O) groups is 1. The third kappa shape index (κ3) is 4.55. The number of carboxylic acid groups (broad SMARTS) is 1. The summed E-state index contributed by atoms with van der Waals surface area (Å²) in [6.07, 6.45) is 2.90. The van der Waals surface area contributed by atoms with Gasteiger partial charge in [0.25, 0.3) is 0 Å². The van der Waals surface area contributed by atoms with Crippen molar-refractivity contribution in [2.24, 2.45) is 5.92 Å². The lowest BCUT2D eigenvalue weighted by atomic mass is 9.97. The van der Waals surface area contributed by atoms with Gasteiger partial charge in [-0.05, 0) is 12.8 Å². The van der Waals surface area contributed by atoms with Gasteiger partial charge in [-0.15, -0.1) is 0 Å². The van der Waals surface area contributed by atoms with Gasteiger partial charge < -0.3 is 20.1 Å². The number of piperidine rings is 1. The van der Waals surface area contributed by atoms with Crippen LogP contribution in [0.2, 0.25) is 0 Å². The minimum absolute atomic E-state index is 0.228. The molecule has 2 saturated heterocycles. The van der Waals surface area contributed by atoms with E-state index >= 15 is 0 Å². The average Bonchev–Trinajstić information content (AvgIpc) is 2.63. The van der Waals surface area contributed by atoms with E-state index in [0.717, 1.165) is 64.1 Å². The van der Waals surface area contributed by atoms with E-state index < -0.39 is 5.97 Å². The van der Waals surface area contributed by atoms with E-state index in [1.165, 1.54) is 0 Å². The predicted octanol–water partition coefficient (Wildman–Crippen LogP) is 0.522. The molecule has 132 valence electrons. The van der Waals surface area contributed by atoms with E-state index in [9.17, 15) is 4.79 Å². The molecule has 1 aromatic heterocycles. The number of hydrogen-bond donors (Lipinski definition) is 2. The number of morpholine rings is 1. The van der Waals surface area contributed by atoms with Crippen LogP contribution in [-0.4, -0.2) is 78.4 Å². The van der Waals surface area contributed by atoms with Crippen molar-refractivity contribution in [3.05, 3.63) is 12.4 Å². The standard InChI is InChI=1S/C16H25N5O3/c22-16(23)13-1-4-21(5-2-13)15-11-14(18-12-19-15)17-3-6-20-7-9-24-10-8-20/h11-13H,1-10H2,(H,22,23)(H,17,18,19). The zero-order valence-electron chi connectivity index (χ0n) is 13.9. The molecule has 0 unspecified atom stereocenters. The Kier molecular flexibility index (Phi) is 5.81. The fraction of sp³-hybridized carbons (Fsp3) is 0.688. The molecule has 0 atom stereocenters. The molecule has 0 radical (unpaired) electrons. The second kappa shape index (κ2) is 8.25. The second-order valence-corrected chi connectivity index (χ2v) is 6.24. The first-order valence-corrected chi connectivity index (χ1v) is 8.56. The van der Waals surface area contributed by atoms with Crippen LogP contribution in [0.4, 0.5) is 11.6 Å². The number of rotatable bonds is 6. The normalized spacial score (nSPS) is 20.1. The van der Waals surface area contributed by atoms with E-state index in [-0.39, 0.29) is 5.92 Å². The molecule has 0 spiro atoms. The summed E-state index contributed by atoms with van der Waals surface area (Å²) in [4.78, 5) is 24.1. The number of aromatic nitrogens is 2. The van der Waals surface area contributed by atoms with Crippen LogP contribution in [0.1, 0.15) is 12.8 Å². The van der Waals surface area contributed by atoms with Gasteiger partial charge in [-0.1, -0.05) is 0 Å². The summed E-state index contributed by atoms with van der Waals surface area (Å²) < 4.78 is 5.34. The first kappa shape index (κ1) is 16.9. The monoisotopic (exact) mass is 335 g/mol. The molecule has 0 saturated carbocycles. The van der Waals surface area contributed by atoms with Crippen LogP contribution in [0.5, 0.6) is 0 Å². The van der Waals surface area contributed by atoms with Crippen molar-refractivity contribution in [2.75, 3.05) is 62.7 Å². The van der Waals surface area contributed by atoms with Crippen LogP contribution >= 0.6 is 0 Å². The van der Waals surface area contributed by atoms with Gasteiger partial charge in [0, 0.05) is 45.3 Å². The molecule has 2 N–H and O–H groups in total. The molecule has 2 fully saturated rings. The van der Waals surface area contributed by atoms with Crippen LogP contribution in [0, 0.1) is 5.92 Å². The summed E-state index contributed by atoms with van der Waals surface area (Å²) in [6.45, 7) is 6.82. The Morgan fingerprint density at radius 3 is 2.71 bits per heavy atom. The smallest absolute Gasteiger partial charge is 0.306 e. The summed E-state index contributed by atoms with van der Waals surface area (Å²) in [5, 5.41) is 12.4. The summed E-state index contributed by atoms with van der Waals surface area (Å²) in [7, 11) is 0. The van der Waals surface area contributed by atoms with E-state index in [1.807, 2.05) is 6.07 Å². The average molecular weight is 335 g/mol. The quantitative estimate of drug-likeness (QED) is 0.778. The third-order valence-corrected chi connectivity index (χ3v) is 4.66. The van der Waals surface area contributed by atoms with Gasteiger partial charge in [0.05, 0.1) is 19.1 Å². The summed E-state index contributed by atoms with van der Waals surface area (Å²) in [5.74, 6) is 0.758. The van der Waals surface area contributed by atoms with E-state index in [4.69, 9.17) is 9.84 Å². The first-order chi connectivity index (χ1) is 11.7. The van der Waals surface area contributed by atoms with Gasteiger partial charge in [0.1, 0.15) is 18.0 Å². The minimum atomic E-state index is -0.692. The lowest BCUT2D eigenvalue weighted by Gasteiger charge is -2.31. The number of carboxylic acids is 1. The second-order valence-electron chi connectivity index (χ2n) is 6.24. The van der Waals surface area contributed by atoms with Crippen LogP contribution in [-0.2, 0) is 9.53 Å². The van der Waals surface area contributed by atoms with Crippen LogP contribution in [0.15, 0.2) is 12.4 Å². The van der Waals surface area contributed by atoms with Gasteiger partial charge in [-0.25, -0.2) is 9.97 Å². The van der Waals surface area contributed by atoms with Gasteiger partial charge in [0.15, 0.2) is 0 Å². The van der Waals surface area contributed by atoms with Crippen molar-refractivity contribution < 1.29 is 14.6 Å². The Labute approximate surface area is 141 Å². The molecule has 2 aliphatic rings. The summed E-state index contributed by atoms with van der Waals surface area (Å²) in [6, 6.07) is 1.94. The van der Waals surface area contributed by atoms with Gasteiger partial charge in [-0.2, -0.15) is 0 Å². The number of anilines is 2. The Bertz CT molecular complexity index is 542. The van der Waals surface area contributed by atoms with Crippen molar-refractivity contribution in [1.29, 1.82) is 0 Å². The largest absolute Gasteiger partial charge is 0.481 e. The fourth-order valence-corrected chi connectivity index (χ4v) is 3.14. The molecular weight excluding hydrogens is 310 g/mol. The van der Waals surface area contributed by atoms with E-state index in [0.29, 0.717) is 12.8 Å². The third-order valence-electron chi connectivity index (χ3n) is 4.66. The number of ether oxygens (including phenoxy) is 1. The van der Waals surface area contributed by atoms with Crippen molar-refractivity contribution in [3.8, 4) is 0 Å². The highest BCUT2D eigenvalue weighted by molar-refractivity contribution is 5.70. The van der Waals surface area contributed by atoms with Crippen molar-refractivity contribution in [3.63, 3.8) is 0 Å². The summed E-state index contributed by atoms with van der Waals surface area (Å²) in [5.41, 5.74) is 0. The lowest BCUT2D eigenvalue weighted by Crippen LogP contribution is -2.39. The number of hydrogen-bond acceptors (Lipinski definition) is 7. The first-order valence-electron chi connectivity index (χ1n) is 8.56. The van der Waals surface area contributed by atoms with Crippen molar-refractivity contribution in [2.45, 2.75) is 12.8 Å². The Hall–Kier alpha value is -1.93. The number of aliphatic carboxylic acids is 1. The Morgan fingerprint density at radius 1 is 1.25 bits per heavy atom. The molecule has 8 nitrogen and oxygen atoms in total. The van der Waals surface area contributed by atoms with Crippen LogP contribution in [0.3, 0.4) is 0 Å². The zero-order valence-corrected chi connectivity index (χ0v) is 13.9. The molecule has 3 rings (SSSR count). The highest BCUT2D eigenvalue weighted by Crippen LogP contribution is 2.22.